The highest BCUT2D eigenvalue weighted by atomic mass is 19.4. The van der Waals surface area contributed by atoms with Crippen LogP contribution < -0.4 is 0 Å². The molecule has 0 aromatic rings. The van der Waals surface area contributed by atoms with Crippen LogP contribution in [0.3, 0.4) is 0 Å². The van der Waals surface area contributed by atoms with Gasteiger partial charge < -0.3 is 0 Å². The van der Waals surface area contributed by atoms with E-state index in [0.29, 0.717) is 7.05 Å². The topological polar surface area (TPSA) is 3.24 Å². The summed E-state index contributed by atoms with van der Waals surface area (Å²) in [4.78, 5) is 0. The molecule has 0 aromatic carbocycles. The molecule has 0 aliphatic heterocycles. The van der Waals surface area contributed by atoms with Gasteiger partial charge in [0.25, 0.3) is 0 Å². The minimum Gasteiger partial charge on any atom is -0.213 e. The van der Waals surface area contributed by atoms with Gasteiger partial charge in [0.1, 0.15) is 6.33 Å². The Morgan fingerprint density at radius 2 is 1.80 bits per heavy atom. The Bertz CT molecular complexity index is 135. The molecule has 0 fully saturated rings. The van der Waals surface area contributed by atoms with E-state index in [2.05, 4.69) is 0 Å². The third-order valence-corrected chi connectivity index (χ3v) is 0.726. The molecule has 0 aliphatic carbocycles. The van der Waals surface area contributed by atoms with Gasteiger partial charge >= 0.3 is 6.18 Å². The molecular weight excluding hydrogens is 157 g/mol. The van der Waals surface area contributed by atoms with E-state index < -0.39 is 23.3 Å². The lowest BCUT2D eigenvalue weighted by Crippen LogP contribution is -2.22. The van der Waals surface area contributed by atoms with Crippen LogP contribution in [0.25, 0.3) is 0 Å². The van der Waals surface area contributed by atoms with Crippen LogP contribution in [0.15, 0.2) is 12.0 Å². The maximum Gasteiger partial charge on any atom is 0.435 e. The van der Waals surface area contributed by atoms with Crippen LogP contribution >= 0.6 is 0 Å². The predicted molar refractivity (Wildman–Crippen MR) is 24.1 cm³/mol. The number of hydrogen-bond donors (Lipinski definition) is 0. The van der Waals surface area contributed by atoms with Crippen molar-refractivity contribution in [2.75, 3.05) is 7.05 Å². The van der Waals surface area contributed by atoms with Crippen molar-refractivity contribution in [3.63, 3.8) is 0 Å². The highest BCUT2D eigenvalue weighted by molar-refractivity contribution is 5.00. The molecule has 0 aliphatic rings. The molecular formula is C4H4F5N. The van der Waals surface area contributed by atoms with Crippen LogP contribution in [0.2, 0.25) is 0 Å². The van der Waals surface area contributed by atoms with Crippen molar-refractivity contribution in [3.05, 3.63) is 12.0 Å². The number of halogens is 5. The van der Waals surface area contributed by atoms with E-state index in [4.69, 9.17) is 0 Å². The van der Waals surface area contributed by atoms with E-state index in [1.807, 2.05) is 0 Å². The standard InChI is InChI=1S/C4H4F5N/c1-10(9)3(2-5)4(6,7)8/h2H,1H3/b3-2-. The summed E-state index contributed by atoms with van der Waals surface area (Å²) in [6, 6.07) is 0. The van der Waals surface area contributed by atoms with Crippen molar-refractivity contribution in [3.8, 4) is 0 Å². The molecule has 0 heterocycles. The Morgan fingerprint density at radius 1 is 1.40 bits per heavy atom. The second-order valence-corrected chi connectivity index (χ2v) is 1.47. The number of allylic oxidation sites excluding steroid dienone is 1. The first-order valence-electron chi connectivity index (χ1n) is 2.16. The first kappa shape index (κ1) is 9.19. The van der Waals surface area contributed by atoms with Gasteiger partial charge in [-0.25, -0.2) is 9.51 Å². The zero-order chi connectivity index (χ0) is 8.36. The Labute approximate surface area is 53.7 Å². The van der Waals surface area contributed by atoms with Crippen LogP contribution in [0.5, 0.6) is 0 Å². The first-order chi connectivity index (χ1) is 4.39. The Morgan fingerprint density at radius 3 is 1.80 bits per heavy atom. The third-order valence-electron chi connectivity index (χ3n) is 0.726. The minimum atomic E-state index is -4.97. The predicted octanol–water partition coefficient (Wildman–Crippen LogP) is 2.18. The summed E-state index contributed by atoms with van der Waals surface area (Å²) in [6.45, 7) is 0. The zero-order valence-electron chi connectivity index (χ0n) is 4.91. The smallest absolute Gasteiger partial charge is 0.213 e. The van der Waals surface area contributed by atoms with Crippen LogP contribution in [0.1, 0.15) is 0 Å². The van der Waals surface area contributed by atoms with E-state index in [0.717, 1.165) is 0 Å². The fourth-order valence-electron chi connectivity index (χ4n) is 0.304. The Kier molecular flexibility index (Phi) is 2.62. The summed E-state index contributed by atoms with van der Waals surface area (Å²) < 4.78 is 57.1. The largest absolute Gasteiger partial charge is 0.435 e. The van der Waals surface area contributed by atoms with Crippen molar-refractivity contribution in [1.29, 1.82) is 0 Å². The molecule has 10 heavy (non-hydrogen) atoms. The van der Waals surface area contributed by atoms with Crippen molar-refractivity contribution in [1.82, 2.24) is 5.12 Å². The van der Waals surface area contributed by atoms with E-state index in [1.54, 1.807) is 0 Å². The molecule has 6 heteroatoms. The monoisotopic (exact) mass is 161 g/mol. The maximum absolute atomic E-state index is 11.7. The van der Waals surface area contributed by atoms with Crippen molar-refractivity contribution in [2.45, 2.75) is 6.18 Å². The molecule has 0 amide bonds. The summed E-state index contributed by atoms with van der Waals surface area (Å²) in [5.74, 6) is 0. The summed E-state index contributed by atoms with van der Waals surface area (Å²) in [7, 11) is 0.457. The fourth-order valence-corrected chi connectivity index (χ4v) is 0.304. The van der Waals surface area contributed by atoms with Crippen molar-refractivity contribution in [2.24, 2.45) is 0 Å². The summed E-state index contributed by atoms with van der Waals surface area (Å²) in [5, 5.41) is -0.833. The van der Waals surface area contributed by atoms with Crippen LogP contribution in [0.4, 0.5) is 22.0 Å². The summed E-state index contributed by atoms with van der Waals surface area (Å²) >= 11 is 0. The van der Waals surface area contributed by atoms with Crippen LogP contribution in [-0.4, -0.2) is 18.3 Å². The molecule has 0 bridgehead atoms. The number of hydrogen-bond acceptors (Lipinski definition) is 1. The molecule has 0 radical (unpaired) electrons. The van der Waals surface area contributed by atoms with Gasteiger partial charge in [0.2, 0.25) is 0 Å². The molecule has 0 atom stereocenters. The fraction of sp³-hybridized carbons (Fsp3) is 0.500. The lowest BCUT2D eigenvalue weighted by molar-refractivity contribution is -0.131. The van der Waals surface area contributed by atoms with Gasteiger partial charge in [-0.1, -0.05) is 0 Å². The summed E-state index contributed by atoms with van der Waals surface area (Å²) in [6.07, 6.45) is -5.81. The van der Waals surface area contributed by atoms with Gasteiger partial charge in [0, 0.05) is 7.05 Å². The molecule has 0 saturated carbocycles. The molecule has 0 unspecified atom stereocenters. The normalized spacial score (nSPS) is 13.6. The number of rotatable bonds is 1. The molecule has 60 valence electrons. The highest BCUT2D eigenvalue weighted by Crippen LogP contribution is 2.27. The third kappa shape index (κ3) is 2.20. The van der Waals surface area contributed by atoms with Crippen LogP contribution in [0, 0.1) is 0 Å². The molecule has 0 spiro atoms. The number of nitrogens with zero attached hydrogens (tertiary/aromatic N) is 1. The van der Waals surface area contributed by atoms with E-state index in [-0.39, 0.29) is 0 Å². The van der Waals surface area contributed by atoms with Gasteiger partial charge in [-0.05, 0) is 0 Å². The van der Waals surface area contributed by atoms with E-state index in [9.17, 15) is 22.0 Å². The SMILES string of the molecule is CN(F)/C(=C\F)C(F)(F)F. The quantitative estimate of drug-likeness (QED) is 0.420. The number of alkyl halides is 3. The lowest BCUT2D eigenvalue weighted by Gasteiger charge is -2.12. The molecule has 0 rings (SSSR count). The average Bonchev–Trinajstić information content (AvgIpc) is 1.60. The minimum absolute atomic E-state index is 0.457. The maximum atomic E-state index is 11.7. The van der Waals surface area contributed by atoms with E-state index >= 15 is 0 Å². The average molecular weight is 161 g/mol. The van der Waals surface area contributed by atoms with Gasteiger partial charge in [-0.2, -0.15) is 13.2 Å². The van der Waals surface area contributed by atoms with Gasteiger partial charge in [-0.15, -0.1) is 4.48 Å². The molecule has 0 saturated heterocycles. The van der Waals surface area contributed by atoms with E-state index in [1.165, 1.54) is 0 Å². The Balaban J connectivity index is 4.40. The second-order valence-electron chi connectivity index (χ2n) is 1.47. The van der Waals surface area contributed by atoms with Gasteiger partial charge in [0.15, 0.2) is 5.70 Å². The molecule has 1 nitrogen and oxygen atoms in total. The van der Waals surface area contributed by atoms with Crippen molar-refractivity contribution >= 4 is 0 Å². The van der Waals surface area contributed by atoms with Gasteiger partial charge in [-0.3, -0.25) is 0 Å². The Hall–Kier alpha value is -0.810. The molecule has 0 N–H and O–H groups in total. The lowest BCUT2D eigenvalue weighted by atomic mass is 10.5. The first-order valence-corrected chi connectivity index (χ1v) is 2.16. The second kappa shape index (κ2) is 2.85. The van der Waals surface area contributed by atoms with Crippen molar-refractivity contribution < 1.29 is 22.0 Å². The summed E-state index contributed by atoms with van der Waals surface area (Å²) in [5.41, 5.74) is -1.95. The van der Waals surface area contributed by atoms with Gasteiger partial charge in [0.05, 0.1) is 0 Å². The highest BCUT2D eigenvalue weighted by Gasteiger charge is 2.37. The zero-order valence-corrected chi connectivity index (χ0v) is 4.91. The van der Waals surface area contributed by atoms with Crippen LogP contribution in [-0.2, 0) is 0 Å². The molecule has 0 aromatic heterocycles.